The van der Waals surface area contributed by atoms with Gasteiger partial charge in [-0.05, 0) is 176 Å². The molecule has 4 aliphatic heterocycles. The van der Waals surface area contributed by atoms with Crippen LogP contribution in [0.5, 0.6) is 0 Å². The maximum Gasteiger partial charge on any atom is 0.123 e. The molecule has 9 aliphatic rings. The van der Waals surface area contributed by atoms with E-state index < -0.39 is 17.2 Å². The van der Waals surface area contributed by atoms with Gasteiger partial charge in [0.05, 0.1) is 11.4 Å². The number of nitrogens with zero attached hydrogens (tertiary/aromatic N) is 2. The van der Waals surface area contributed by atoms with Crippen LogP contribution in [0.4, 0.5) is 17.1 Å². The van der Waals surface area contributed by atoms with E-state index in [4.69, 9.17) is 0 Å². The predicted octanol–water partition coefficient (Wildman–Crippen LogP) is 15.3. The van der Waals surface area contributed by atoms with Gasteiger partial charge in [-0.2, -0.15) is 0 Å². The first kappa shape index (κ1) is 41.7. The van der Waals surface area contributed by atoms with Crippen LogP contribution in [-0.4, -0.2) is 30.7 Å². The second kappa shape index (κ2) is 15.2. The molecule has 4 heteroatoms. The monoisotopic (exact) mass is 944 g/mol. The Balaban J connectivity index is 0.818. The SMILES string of the molecule is C[SH]12(CCCC1)C1=C(CCC=C1)N(C1=CC3C(C=C1)c1ccc(/C=C/c4ccc(N5c6ccccc6[Si]6(CCCC6)c6ccccc65)c5ccccc45)cc1C31Cc3ccccc3C1)C1=C2CCC=C1. The summed E-state index contributed by atoms with van der Waals surface area (Å²) in [6.07, 6.45) is 38.1. The molecule has 0 bridgehead atoms. The van der Waals surface area contributed by atoms with E-state index in [-0.39, 0.29) is 5.41 Å². The summed E-state index contributed by atoms with van der Waals surface area (Å²) in [6, 6.07) is 52.4. The number of anilines is 3. The summed E-state index contributed by atoms with van der Waals surface area (Å²) >= 11 is 0. The largest absolute Gasteiger partial charge is 0.313 e. The summed E-state index contributed by atoms with van der Waals surface area (Å²) in [4.78, 5) is 9.01. The quantitative estimate of drug-likeness (QED) is 0.107. The molecular weight excluding hydrogens is 881 g/mol. The third-order valence-electron chi connectivity index (χ3n) is 19.6. The molecule has 0 amide bonds. The number of thiol groups is 1. The van der Waals surface area contributed by atoms with E-state index >= 15 is 0 Å². The van der Waals surface area contributed by atoms with Crippen LogP contribution < -0.4 is 15.3 Å². The molecule has 3 spiro atoms. The van der Waals surface area contributed by atoms with Gasteiger partial charge in [0, 0.05) is 39.5 Å². The van der Waals surface area contributed by atoms with E-state index in [1.807, 2.05) is 4.91 Å². The van der Waals surface area contributed by atoms with Gasteiger partial charge in [0.15, 0.2) is 0 Å². The number of hydrogen-bond donors (Lipinski definition) is 1. The Bertz CT molecular complexity index is 3400. The highest BCUT2D eigenvalue weighted by Crippen LogP contribution is 2.85. The van der Waals surface area contributed by atoms with Crippen LogP contribution >= 0.6 is 9.16 Å². The maximum absolute atomic E-state index is 2.80. The lowest BCUT2D eigenvalue weighted by atomic mass is 9.69. The number of allylic oxidation sites excluding steroid dienone is 9. The molecule has 2 fully saturated rings. The van der Waals surface area contributed by atoms with E-state index in [9.17, 15) is 0 Å². The first-order chi connectivity index (χ1) is 34.4. The topological polar surface area (TPSA) is 6.48 Å². The van der Waals surface area contributed by atoms with Crippen LogP contribution in [-0.2, 0) is 18.3 Å². The van der Waals surface area contributed by atoms with Crippen LogP contribution in [0.2, 0.25) is 12.1 Å². The summed E-state index contributed by atoms with van der Waals surface area (Å²) in [5.74, 6) is 3.57. The van der Waals surface area contributed by atoms with Crippen molar-refractivity contribution in [3.05, 3.63) is 230 Å². The molecule has 0 aromatic heterocycles. The van der Waals surface area contributed by atoms with Crippen LogP contribution in [0.1, 0.15) is 90.7 Å². The van der Waals surface area contributed by atoms with Gasteiger partial charge in [0.1, 0.15) is 8.07 Å². The average molecular weight is 945 g/mol. The van der Waals surface area contributed by atoms with Gasteiger partial charge >= 0.3 is 0 Å². The summed E-state index contributed by atoms with van der Waals surface area (Å²) < 4.78 is 0. The van der Waals surface area contributed by atoms with Crippen molar-refractivity contribution < 1.29 is 0 Å². The molecule has 2 nitrogen and oxygen atoms in total. The lowest BCUT2D eigenvalue weighted by Crippen LogP contribution is -2.60. The molecule has 0 N–H and O–H groups in total. The van der Waals surface area contributed by atoms with Gasteiger partial charge in [0.2, 0.25) is 0 Å². The molecule has 2 unspecified atom stereocenters. The Kier molecular flexibility index (Phi) is 9.06. The molecule has 70 heavy (non-hydrogen) atoms. The smallest absolute Gasteiger partial charge is 0.123 e. The molecule has 6 aromatic carbocycles. The number of benzene rings is 6. The fraction of sp³-hybridized carbons (Fsp3) is 0.273. The van der Waals surface area contributed by atoms with Gasteiger partial charge in [-0.3, -0.25) is 0 Å². The van der Waals surface area contributed by atoms with Crippen molar-refractivity contribution >= 4 is 67.6 Å². The summed E-state index contributed by atoms with van der Waals surface area (Å²) in [7, 11) is -4.00. The molecule has 348 valence electrons. The van der Waals surface area contributed by atoms with Crippen LogP contribution in [0.25, 0.3) is 22.9 Å². The van der Waals surface area contributed by atoms with Crippen LogP contribution in [0.15, 0.2) is 197 Å². The minimum atomic E-state index is -2.19. The van der Waals surface area contributed by atoms with Crippen LogP contribution in [0.3, 0.4) is 0 Å². The molecule has 0 radical (unpaired) electrons. The van der Waals surface area contributed by atoms with Crippen molar-refractivity contribution in [2.45, 2.75) is 87.6 Å². The zero-order chi connectivity index (χ0) is 46.3. The van der Waals surface area contributed by atoms with Gasteiger partial charge in [0.25, 0.3) is 0 Å². The molecular formula is C66H64N2SSi. The highest BCUT2D eigenvalue weighted by atomic mass is 32.3. The fourth-order valence-corrected chi connectivity index (χ4v) is 28.9. The lowest BCUT2D eigenvalue weighted by Gasteiger charge is -2.64. The number of hydrogen-bond acceptors (Lipinski definition) is 2. The molecule has 2 atom stereocenters. The highest BCUT2D eigenvalue weighted by molar-refractivity contribution is 8.55. The first-order valence-corrected chi connectivity index (χ1v) is 32.3. The van der Waals surface area contributed by atoms with E-state index in [1.165, 1.54) is 123 Å². The highest BCUT2D eigenvalue weighted by Gasteiger charge is 2.56. The Labute approximate surface area is 416 Å². The molecule has 6 aromatic rings. The third-order valence-corrected chi connectivity index (χ3v) is 31.8. The summed E-state index contributed by atoms with van der Waals surface area (Å²) in [5.41, 5.74) is 17.4. The van der Waals surface area contributed by atoms with Crippen LogP contribution in [0, 0.1) is 5.92 Å². The van der Waals surface area contributed by atoms with Gasteiger partial charge < -0.3 is 9.80 Å². The summed E-state index contributed by atoms with van der Waals surface area (Å²) in [6.45, 7) is 0. The van der Waals surface area contributed by atoms with Crippen molar-refractivity contribution in [3.8, 4) is 0 Å². The van der Waals surface area contributed by atoms with E-state index in [2.05, 4.69) is 198 Å². The van der Waals surface area contributed by atoms with Crippen molar-refractivity contribution in [3.63, 3.8) is 0 Å². The minimum Gasteiger partial charge on any atom is -0.313 e. The number of fused-ring (bicyclic) bond motifs is 13. The Hall–Kier alpha value is -6.07. The number of para-hydroxylation sites is 2. The second-order valence-electron chi connectivity index (χ2n) is 22.9. The van der Waals surface area contributed by atoms with Crippen molar-refractivity contribution in [1.82, 2.24) is 4.90 Å². The first-order valence-electron chi connectivity index (χ1n) is 26.9. The zero-order valence-electron chi connectivity index (χ0n) is 40.7. The third kappa shape index (κ3) is 5.64. The lowest BCUT2D eigenvalue weighted by molar-refractivity contribution is 0.336. The minimum absolute atomic E-state index is 0.00477. The standard InChI is InChI=1S/C66H64N2SSi/c1-69(38-14-15-39-69)62-26-10-6-22-58(62)67(59-23-7-11-27-63(59)69)50-34-36-53-52-35-31-46(42-55(52)66(56(53)43-50)44-48-18-2-3-19-49(48)45-66)30-32-47-33-37-57(54-21-5-4-20-51(47)54)68-60-24-8-12-28-64(60)70(40-16-17-41-70)65-29-13-9-25-61(65)68/h2-6,8-9,11-13,18-22,24-25,27-37,42-43,53,56,69H,7,10,14-17,23,26,38-41,44-45H2,1H3/b32-30+. The Morgan fingerprint density at radius 1 is 0.629 bits per heavy atom. The number of rotatable bonds is 4. The zero-order valence-corrected chi connectivity index (χ0v) is 42.6. The Morgan fingerprint density at radius 3 is 2.09 bits per heavy atom. The van der Waals surface area contributed by atoms with Crippen molar-refractivity contribution in [2.24, 2.45) is 5.92 Å². The van der Waals surface area contributed by atoms with E-state index in [0.717, 1.165) is 25.7 Å². The van der Waals surface area contributed by atoms with Gasteiger partial charge in [-0.15, -0.1) is 0 Å². The molecule has 5 aliphatic carbocycles. The fourth-order valence-electron chi connectivity index (χ4n) is 16.5. The Morgan fingerprint density at radius 2 is 1.31 bits per heavy atom. The predicted molar refractivity (Wildman–Crippen MR) is 303 cm³/mol. The van der Waals surface area contributed by atoms with Gasteiger partial charge in [-0.25, -0.2) is 9.16 Å². The van der Waals surface area contributed by atoms with E-state index in [1.54, 1.807) is 32.2 Å². The van der Waals surface area contributed by atoms with Crippen molar-refractivity contribution in [1.29, 1.82) is 0 Å². The molecule has 4 heterocycles. The van der Waals surface area contributed by atoms with Gasteiger partial charge in [-0.1, -0.05) is 165 Å². The average Bonchev–Trinajstić information content (AvgIpc) is 4.22. The van der Waals surface area contributed by atoms with Crippen molar-refractivity contribution in [2.75, 3.05) is 22.7 Å². The maximum atomic E-state index is 2.80. The normalized spacial score (nSPS) is 24.9. The molecule has 15 rings (SSSR count). The molecule has 0 saturated carbocycles. The van der Waals surface area contributed by atoms with E-state index in [0.29, 0.717) is 11.8 Å². The molecule has 2 saturated heterocycles. The second-order valence-corrected chi connectivity index (χ2v) is 33.2. The summed E-state index contributed by atoms with van der Waals surface area (Å²) in [5, 5.41) is 5.85.